The first-order valence-corrected chi connectivity index (χ1v) is 3.60. The Labute approximate surface area is 61.5 Å². The molecule has 1 aliphatic rings. The summed E-state index contributed by atoms with van der Waals surface area (Å²) < 4.78 is 10.0. The van der Waals surface area contributed by atoms with Gasteiger partial charge in [-0.2, -0.15) is 0 Å². The first-order chi connectivity index (χ1) is 4.79. The molecule has 1 aliphatic carbocycles. The van der Waals surface area contributed by atoms with Gasteiger partial charge in [-0.05, 0) is 18.8 Å². The van der Waals surface area contributed by atoms with E-state index in [0.717, 1.165) is 0 Å². The van der Waals surface area contributed by atoms with E-state index in [4.69, 9.17) is 15.2 Å². The Morgan fingerprint density at radius 2 is 1.80 bits per heavy atom. The topological polar surface area (TPSA) is 44.5 Å². The average Bonchev–Trinajstić information content (AvgIpc) is 2.71. The van der Waals surface area contributed by atoms with Crippen molar-refractivity contribution < 1.29 is 9.47 Å². The maximum atomic E-state index is 5.79. The second-order valence-electron chi connectivity index (χ2n) is 2.75. The van der Waals surface area contributed by atoms with Gasteiger partial charge in [-0.25, -0.2) is 0 Å². The quantitative estimate of drug-likeness (QED) is 0.580. The lowest BCUT2D eigenvalue weighted by atomic mass is 10.2. The number of methoxy groups -OCH3 is 2. The number of nitrogens with two attached hydrogens (primary N) is 1. The molecule has 3 nitrogen and oxygen atoms in total. The summed E-state index contributed by atoms with van der Waals surface area (Å²) in [5, 5.41) is 0. The fraction of sp³-hybridized carbons (Fsp3) is 1.00. The molecule has 0 bridgehead atoms. The third-order valence-corrected chi connectivity index (χ3v) is 1.95. The zero-order valence-electron chi connectivity index (χ0n) is 6.54. The summed E-state index contributed by atoms with van der Waals surface area (Å²) in [7, 11) is 3.24. The Morgan fingerprint density at radius 3 is 2.10 bits per heavy atom. The van der Waals surface area contributed by atoms with Crippen LogP contribution in [0.25, 0.3) is 0 Å². The van der Waals surface area contributed by atoms with Crippen LogP contribution >= 0.6 is 0 Å². The zero-order chi connectivity index (χ0) is 7.56. The van der Waals surface area contributed by atoms with Crippen molar-refractivity contribution in [3.05, 3.63) is 0 Å². The fourth-order valence-electron chi connectivity index (χ4n) is 1.11. The molecule has 0 saturated heterocycles. The van der Waals surface area contributed by atoms with Gasteiger partial charge in [-0.15, -0.1) is 0 Å². The van der Waals surface area contributed by atoms with Crippen molar-refractivity contribution in [2.75, 3.05) is 14.2 Å². The summed E-state index contributed by atoms with van der Waals surface area (Å²) in [6.45, 7) is 0. The summed E-state index contributed by atoms with van der Waals surface area (Å²) in [5.41, 5.74) is 5.79. The highest BCUT2D eigenvalue weighted by Gasteiger charge is 2.34. The maximum Gasteiger partial charge on any atom is 0.172 e. The lowest BCUT2D eigenvalue weighted by Gasteiger charge is -2.20. The van der Waals surface area contributed by atoms with E-state index in [0.29, 0.717) is 5.92 Å². The Kier molecular flexibility index (Phi) is 2.65. The van der Waals surface area contributed by atoms with Crippen LogP contribution in [0.2, 0.25) is 0 Å². The number of ether oxygens (including phenoxy) is 2. The second-order valence-corrected chi connectivity index (χ2v) is 2.75. The van der Waals surface area contributed by atoms with Gasteiger partial charge in [-0.3, -0.25) is 0 Å². The first-order valence-electron chi connectivity index (χ1n) is 3.60. The van der Waals surface area contributed by atoms with Crippen LogP contribution in [-0.4, -0.2) is 26.6 Å². The largest absolute Gasteiger partial charge is 0.354 e. The second kappa shape index (κ2) is 3.32. The Morgan fingerprint density at radius 1 is 1.30 bits per heavy atom. The van der Waals surface area contributed by atoms with Crippen molar-refractivity contribution in [1.82, 2.24) is 0 Å². The molecular weight excluding hydrogens is 130 g/mol. The van der Waals surface area contributed by atoms with Crippen molar-refractivity contribution >= 4 is 0 Å². The highest BCUT2D eigenvalue weighted by Crippen LogP contribution is 2.33. The van der Waals surface area contributed by atoms with Crippen LogP contribution in [0.4, 0.5) is 0 Å². The molecule has 0 spiro atoms. The van der Waals surface area contributed by atoms with Gasteiger partial charge in [0, 0.05) is 14.2 Å². The summed E-state index contributed by atoms with van der Waals surface area (Å²) >= 11 is 0. The predicted molar refractivity (Wildman–Crippen MR) is 38.5 cm³/mol. The fourth-order valence-corrected chi connectivity index (χ4v) is 1.11. The minimum Gasteiger partial charge on any atom is -0.354 e. The molecule has 0 aliphatic heterocycles. The van der Waals surface area contributed by atoms with E-state index in [9.17, 15) is 0 Å². The number of rotatable bonds is 4. The molecular formula is C7H15NO2. The van der Waals surface area contributed by atoms with Crippen LogP contribution in [0.1, 0.15) is 12.8 Å². The van der Waals surface area contributed by atoms with Gasteiger partial charge in [0.05, 0.1) is 6.04 Å². The lowest BCUT2D eigenvalue weighted by molar-refractivity contribution is -0.119. The van der Waals surface area contributed by atoms with Crippen molar-refractivity contribution in [3.63, 3.8) is 0 Å². The first kappa shape index (κ1) is 7.98. The minimum atomic E-state index is -0.215. The molecule has 0 radical (unpaired) electrons. The Bertz CT molecular complexity index is 99.8. The molecule has 1 fully saturated rings. The molecule has 60 valence electrons. The van der Waals surface area contributed by atoms with Crippen molar-refractivity contribution in [2.24, 2.45) is 11.7 Å². The smallest absolute Gasteiger partial charge is 0.172 e. The van der Waals surface area contributed by atoms with Crippen LogP contribution in [0.3, 0.4) is 0 Å². The van der Waals surface area contributed by atoms with Gasteiger partial charge in [0.2, 0.25) is 0 Å². The van der Waals surface area contributed by atoms with Crippen molar-refractivity contribution in [2.45, 2.75) is 25.2 Å². The molecule has 0 heterocycles. The van der Waals surface area contributed by atoms with Crippen molar-refractivity contribution in [1.29, 1.82) is 0 Å². The molecule has 0 amide bonds. The highest BCUT2D eigenvalue weighted by atomic mass is 16.7. The zero-order valence-corrected chi connectivity index (χ0v) is 6.54. The lowest BCUT2D eigenvalue weighted by Crippen LogP contribution is -2.39. The molecule has 3 heteroatoms. The average molecular weight is 145 g/mol. The molecule has 10 heavy (non-hydrogen) atoms. The number of hydrogen-bond acceptors (Lipinski definition) is 3. The molecule has 0 aromatic carbocycles. The number of hydrogen-bond donors (Lipinski definition) is 1. The van der Waals surface area contributed by atoms with E-state index in [1.807, 2.05) is 0 Å². The van der Waals surface area contributed by atoms with Crippen molar-refractivity contribution in [3.8, 4) is 0 Å². The summed E-state index contributed by atoms with van der Waals surface area (Å²) in [5.74, 6) is 0.630. The molecule has 1 rings (SSSR count). The Hall–Kier alpha value is -0.120. The third-order valence-electron chi connectivity index (χ3n) is 1.95. The van der Waals surface area contributed by atoms with Crippen LogP contribution in [0.15, 0.2) is 0 Å². The molecule has 1 saturated carbocycles. The standard InChI is InChI=1S/C7H15NO2/c1-9-7(10-2)6(8)5-3-4-5/h5-7H,3-4,8H2,1-2H3. The van der Waals surface area contributed by atoms with Gasteiger partial charge >= 0.3 is 0 Å². The van der Waals surface area contributed by atoms with E-state index in [2.05, 4.69) is 0 Å². The molecule has 1 unspecified atom stereocenters. The van der Waals surface area contributed by atoms with Gasteiger partial charge in [0.1, 0.15) is 0 Å². The summed E-state index contributed by atoms with van der Waals surface area (Å²) in [6.07, 6.45) is 2.24. The molecule has 0 aromatic heterocycles. The normalized spacial score (nSPS) is 21.6. The van der Waals surface area contributed by atoms with Gasteiger partial charge in [-0.1, -0.05) is 0 Å². The van der Waals surface area contributed by atoms with E-state index >= 15 is 0 Å². The van der Waals surface area contributed by atoms with Crippen LogP contribution in [0.5, 0.6) is 0 Å². The SMILES string of the molecule is COC(OC)C(N)C1CC1. The van der Waals surface area contributed by atoms with E-state index in [1.165, 1.54) is 12.8 Å². The summed E-state index contributed by atoms with van der Waals surface area (Å²) in [6, 6.07) is 0.0648. The van der Waals surface area contributed by atoms with Gasteiger partial charge in [0.15, 0.2) is 6.29 Å². The van der Waals surface area contributed by atoms with Gasteiger partial charge in [0.25, 0.3) is 0 Å². The van der Waals surface area contributed by atoms with Gasteiger partial charge < -0.3 is 15.2 Å². The molecule has 0 aromatic rings. The van der Waals surface area contributed by atoms with E-state index in [1.54, 1.807) is 14.2 Å². The minimum absolute atomic E-state index is 0.0648. The Balaban J connectivity index is 2.27. The summed E-state index contributed by atoms with van der Waals surface area (Å²) in [4.78, 5) is 0. The van der Waals surface area contributed by atoms with Crippen LogP contribution < -0.4 is 5.73 Å². The molecule has 2 N–H and O–H groups in total. The predicted octanol–water partition coefficient (Wildman–Crippen LogP) is 0.343. The van der Waals surface area contributed by atoms with Crippen LogP contribution in [-0.2, 0) is 9.47 Å². The monoisotopic (exact) mass is 145 g/mol. The highest BCUT2D eigenvalue weighted by molar-refractivity contribution is 4.85. The maximum absolute atomic E-state index is 5.79. The molecule has 1 atom stereocenters. The van der Waals surface area contributed by atoms with E-state index in [-0.39, 0.29) is 12.3 Å². The van der Waals surface area contributed by atoms with E-state index < -0.39 is 0 Å². The van der Waals surface area contributed by atoms with Crippen LogP contribution in [0, 0.1) is 5.92 Å². The third kappa shape index (κ3) is 1.68.